The van der Waals surface area contributed by atoms with E-state index >= 15 is 0 Å². The van der Waals surface area contributed by atoms with Crippen LogP contribution in [0.2, 0.25) is 0 Å². The summed E-state index contributed by atoms with van der Waals surface area (Å²) in [5.41, 5.74) is 11.3. The van der Waals surface area contributed by atoms with Crippen molar-refractivity contribution < 1.29 is 4.42 Å². The van der Waals surface area contributed by atoms with E-state index in [1.165, 1.54) is 21.9 Å². The summed E-state index contributed by atoms with van der Waals surface area (Å²) in [6.45, 7) is 0. The molecule has 0 spiro atoms. The van der Waals surface area contributed by atoms with Gasteiger partial charge in [-0.15, -0.1) is 0 Å². The molecule has 0 unspecified atom stereocenters. The van der Waals surface area contributed by atoms with Crippen LogP contribution in [0.25, 0.3) is 99.6 Å². The second kappa shape index (κ2) is 11.9. The summed E-state index contributed by atoms with van der Waals surface area (Å²) in [5.74, 6) is 0.695. The molecule has 10 aromatic rings. The summed E-state index contributed by atoms with van der Waals surface area (Å²) in [4.78, 5) is 10.5. The van der Waals surface area contributed by atoms with Crippen LogP contribution in [0.4, 0.5) is 0 Å². The third-order valence-electron chi connectivity index (χ3n) is 9.92. The number of benzene rings is 8. The molecule has 0 fully saturated rings. The first-order valence-corrected chi connectivity index (χ1v) is 17.2. The summed E-state index contributed by atoms with van der Waals surface area (Å²) in [5, 5.41) is 6.89. The summed E-state index contributed by atoms with van der Waals surface area (Å²) in [6, 6.07) is 63.8. The van der Waals surface area contributed by atoms with E-state index in [-0.39, 0.29) is 0 Å². The highest BCUT2D eigenvalue weighted by atomic mass is 16.3. The van der Waals surface area contributed by atoms with Crippen molar-refractivity contribution in [2.45, 2.75) is 0 Å². The van der Waals surface area contributed by atoms with E-state index in [9.17, 15) is 0 Å². The Bertz CT molecular complexity index is 2900. The topological polar surface area (TPSA) is 38.9 Å². The second-order valence-electron chi connectivity index (χ2n) is 12.9. The maximum Gasteiger partial charge on any atom is 0.160 e. The van der Waals surface area contributed by atoms with Crippen LogP contribution >= 0.6 is 0 Å². The number of para-hydroxylation sites is 1. The highest BCUT2D eigenvalue weighted by Gasteiger charge is 2.19. The Morgan fingerprint density at radius 1 is 0.333 bits per heavy atom. The molecular formula is C48H30N2O. The van der Waals surface area contributed by atoms with Gasteiger partial charge in [-0.25, -0.2) is 9.97 Å². The Labute approximate surface area is 295 Å². The van der Waals surface area contributed by atoms with Crippen LogP contribution in [0.15, 0.2) is 186 Å². The van der Waals surface area contributed by atoms with Crippen molar-refractivity contribution in [1.29, 1.82) is 0 Å². The molecule has 0 aliphatic carbocycles. The van der Waals surface area contributed by atoms with Crippen molar-refractivity contribution in [2.75, 3.05) is 0 Å². The van der Waals surface area contributed by atoms with Crippen LogP contribution in [-0.4, -0.2) is 9.97 Å². The van der Waals surface area contributed by atoms with Crippen LogP contribution < -0.4 is 0 Å². The van der Waals surface area contributed by atoms with Gasteiger partial charge >= 0.3 is 0 Å². The SMILES string of the molecule is c1ccc(-c2nc(-c3ccc(-c4cccc5oc6ccccc6c45)c4ccccc34)cc(-c3cccc4cccc(-c5ccccc5)c34)n2)cc1. The van der Waals surface area contributed by atoms with Gasteiger partial charge in [0, 0.05) is 27.5 Å². The second-order valence-corrected chi connectivity index (χ2v) is 12.9. The van der Waals surface area contributed by atoms with Gasteiger partial charge in [0.2, 0.25) is 0 Å². The molecule has 3 heteroatoms. The number of nitrogens with zero attached hydrogens (tertiary/aromatic N) is 2. The standard InChI is InChI=1S/C48H30N2O/c1-3-14-31(15-4-1)34-23-11-18-32-19-12-25-40(46(32)34)43-30-42(49-48(50-43)33-16-5-2-6-17-33)38-29-28-37(35-20-7-8-21-36(35)38)39-24-13-27-45-47(39)41-22-9-10-26-44(41)51-45/h1-30H. The molecule has 2 aromatic heterocycles. The van der Waals surface area contributed by atoms with E-state index in [1.54, 1.807) is 0 Å². The van der Waals surface area contributed by atoms with Crippen LogP contribution in [0.1, 0.15) is 0 Å². The molecule has 0 saturated heterocycles. The number of hydrogen-bond acceptors (Lipinski definition) is 3. The molecule has 51 heavy (non-hydrogen) atoms. The molecule has 2 heterocycles. The van der Waals surface area contributed by atoms with E-state index in [0.717, 1.165) is 71.9 Å². The average molecular weight is 651 g/mol. The maximum atomic E-state index is 6.28. The lowest BCUT2D eigenvalue weighted by Crippen LogP contribution is -1.97. The first-order chi connectivity index (χ1) is 25.3. The average Bonchev–Trinajstić information content (AvgIpc) is 3.60. The van der Waals surface area contributed by atoms with Crippen molar-refractivity contribution in [3.63, 3.8) is 0 Å². The lowest BCUT2D eigenvalue weighted by molar-refractivity contribution is 0.669. The monoisotopic (exact) mass is 650 g/mol. The van der Waals surface area contributed by atoms with Gasteiger partial charge in [-0.2, -0.15) is 0 Å². The number of fused-ring (bicyclic) bond motifs is 5. The molecular weight excluding hydrogens is 621 g/mol. The van der Waals surface area contributed by atoms with Crippen LogP contribution in [0.5, 0.6) is 0 Å². The predicted molar refractivity (Wildman–Crippen MR) is 212 cm³/mol. The molecule has 3 nitrogen and oxygen atoms in total. The summed E-state index contributed by atoms with van der Waals surface area (Å²) >= 11 is 0. The van der Waals surface area contributed by atoms with Gasteiger partial charge in [0.25, 0.3) is 0 Å². The third kappa shape index (κ3) is 4.90. The summed E-state index contributed by atoms with van der Waals surface area (Å²) in [7, 11) is 0. The maximum absolute atomic E-state index is 6.28. The molecule has 0 N–H and O–H groups in total. The van der Waals surface area contributed by atoms with Gasteiger partial charge in [0.1, 0.15) is 11.2 Å². The van der Waals surface area contributed by atoms with E-state index in [4.69, 9.17) is 14.4 Å². The lowest BCUT2D eigenvalue weighted by atomic mass is 9.90. The molecule has 0 amide bonds. The molecule has 0 aliphatic rings. The Morgan fingerprint density at radius 2 is 0.882 bits per heavy atom. The van der Waals surface area contributed by atoms with E-state index < -0.39 is 0 Å². The van der Waals surface area contributed by atoms with Crippen molar-refractivity contribution in [3.05, 3.63) is 182 Å². The third-order valence-corrected chi connectivity index (χ3v) is 9.92. The normalized spacial score (nSPS) is 11.5. The minimum Gasteiger partial charge on any atom is -0.456 e. The molecule has 0 aliphatic heterocycles. The van der Waals surface area contributed by atoms with Gasteiger partial charge in [0.05, 0.1) is 11.4 Å². The van der Waals surface area contributed by atoms with E-state index in [0.29, 0.717) is 5.82 Å². The van der Waals surface area contributed by atoms with Gasteiger partial charge in [-0.05, 0) is 62.0 Å². The Hall–Kier alpha value is -6.84. The molecule has 0 bridgehead atoms. The quantitative estimate of drug-likeness (QED) is 0.186. The van der Waals surface area contributed by atoms with E-state index in [1.807, 2.05) is 30.3 Å². The van der Waals surface area contributed by atoms with Gasteiger partial charge in [-0.1, -0.05) is 164 Å². The largest absolute Gasteiger partial charge is 0.456 e. The molecule has 238 valence electrons. The Kier molecular flexibility index (Phi) is 6.81. The molecule has 0 saturated carbocycles. The summed E-state index contributed by atoms with van der Waals surface area (Å²) < 4.78 is 6.28. The highest BCUT2D eigenvalue weighted by molar-refractivity contribution is 6.16. The van der Waals surface area contributed by atoms with Crippen molar-refractivity contribution in [1.82, 2.24) is 9.97 Å². The first kappa shape index (κ1) is 29.1. The van der Waals surface area contributed by atoms with E-state index in [2.05, 4.69) is 152 Å². The first-order valence-electron chi connectivity index (χ1n) is 17.2. The molecule has 0 radical (unpaired) electrons. The molecule has 10 rings (SSSR count). The number of aromatic nitrogens is 2. The van der Waals surface area contributed by atoms with Crippen molar-refractivity contribution in [3.8, 4) is 56.2 Å². The Balaban J connectivity index is 1.22. The van der Waals surface area contributed by atoms with Gasteiger partial charge in [-0.3, -0.25) is 0 Å². The van der Waals surface area contributed by atoms with Crippen LogP contribution in [-0.2, 0) is 0 Å². The fraction of sp³-hybridized carbons (Fsp3) is 0. The smallest absolute Gasteiger partial charge is 0.160 e. The lowest BCUT2D eigenvalue weighted by Gasteiger charge is -2.16. The van der Waals surface area contributed by atoms with Crippen LogP contribution in [0.3, 0.4) is 0 Å². The van der Waals surface area contributed by atoms with Crippen molar-refractivity contribution >= 4 is 43.5 Å². The predicted octanol–water partition coefficient (Wildman–Crippen LogP) is 13.0. The zero-order valence-corrected chi connectivity index (χ0v) is 27.6. The van der Waals surface area contributed by atoms with Gasteiger partial charge < -0.3 is 4.42 Å². The number of furan rings is 1. The zero-order chi connectivity index (χ0) is 33.7. The van der Waals surface area contributed by atoms with Crippen LogP contribution in [0, 0.1) is 0 Å². The summed E-state index contributed by atoms with van der Waals surface area (Å²) in [6.07, 6.45) is 0. The zero-order valence-electron chi connectivity index (χ0n) is 27.6. The minimum absolute atomic E-state index is 0.695. The fourth-order valence-electron chi connectivity index (χ4n) is 7.61. The fourth-order valence-corrected chi connectivity index (χ4v) is 7.61. The Morgan fingerprint density at radius 3 is 1.65 bits per heavy atom. The van der Waals surface area contributed by atoms with Crippen molar-refractivity contribution in [2.24, 2.45) is 0 Å². The highest BCUT2D eigenvalue weighted by Crippen LogP contribution is 2.43. The molecule has 0 atom stereocenters. The minimum atomic E-state index is 0.695. The number of hydrogen-bond donors (Lipinski definition) is 0. The van der Waals surface area contributed by atoms with Gasteiger partial charge in [0.15, 0.2) is 5.82 Å². The number of rotatable bonds is 5. The molecule has 8 aromatic carbocycles.